The molecule has 0 saturated carbocycles. The fourth-order valence-electron chi connectivity index (χ4n) is 0.607. The van der Waals surface area contributed by atoms with Crippen molar-refractivity contribution >= 4 is 5.91 Å². The van der Waals surface area contributed by atoms with Crippen LogP contribution in [0.3, 0.4) is 0 Å². The minimum absolute atomic E-state index is 0.239. The molecule has 1 amide bonds. The first-order chi connectivity index (χ1) is 5.68. The summed E-state index contributed by atoms with van der Waals surface area (Å²) in [5, 5.41) is 2.07. The summed E-state index contributed by atoms with van der Waals surface area (Å²) in [7, 11) is 0. The predicted octanol–water partition coefficient (Wildman–Crippen LogP) is 0.794. The Hall–Kier alpha value is -0.710. The minimum Gasteiger partial charge on any atom is -0.382 e. The molecule has 12 heavy (non-hydrogen) atoms. The van der Waals surface area contributed by atoms with Gasteiger partial charge in [-0.3, -0.25) is 4.79 Å². The van der Waals surface area contributed by atoms with Crippen molar-refractivity contribution in [2.45, 2.75) is 19.8 Å². The Balaban J connectivity index is 3.14. The van der Waals surface area contributed by atoms with E-state index >= 15 is 0 Å². The van der Waals surface area contributed by atoms with Gasteiger partial charge in [0.1, 0.15) is 0 Å². The fraction of sp³-hybridized carbons (Fsp3) is 0.857. The van der Waals surface area contributed by atoms with Crippen LogP contribution in [0.5, 0.6) is 0 Å². The molecule has 3 nitrogen and oxygen atoms in total. The molecule has 5 heteroatoms. The van der Waals surface area contributed by atoms with Crippen LogP contribution >= 0.6 is 0 Å². The molecule has 0 unspecified atom stereocenters. The average molecular weight is 181 g/mol. The highest BCUT2D eigenvalue weighted by Crippen LogP contribution is 1.90. The molecule has 0 aliphatic heterocycles. The van der Waals surface area contributed by atoms with Crippen molar-refractivity contribution in [2.24, 2.45) is 0 Å². The van der Waals surface area contributed by atoms with Crippen molar-refractivity contribution in [3.05, 3.63) is 0 Å². The average Bonchev–Trinajstić information content (AvgIpc) is 2.03. The van der Waals surface area contributed by atoms with Gasteiger partial charge in [0, 0.05) is 19.8 Å². The van der Waals surface area contributed by atoms with E-state index in [4.69, 9.17) is 4.74 Å². The second-order valence-electron chi connectivity index (χ2n) is 2.14. The van der Waals surface area contributed by atoms with E-state index in [1.807, 2.05) is 6.92 Å². The largest absolute Gasteiger partial charge is 0.382 e. The van der Waals surface area contributed by atoms with Gasteiger partial charge in [0.2, 0.25) is 0 Å². The van der Waals surface area contributed by atoms with Crippen molar-refractivity contribution in [1.82, 2.24) is 5.32 Å². The number of alkyl halides is 2. The van der Waals surface area contributed by atoms with Crippen molar-refractivity contribution in [2.75, 3.05) is 19.8 Å². The molecule has 0 aliphatic rings. The number of ether oxygens (including phenoxy) is 1. The Morgan fingerprint density at radius 2 is 2.25 bits per heavy atom. The lowest BCUT2D eigenvalue weighted by atomic mass is 10.4. The van der Waals surface area contributed by atoms with Gasteiger partial charge < -0.3 is 10.1 Å². The highest BCUT2D eigenvalue weighted by Gasteiger charge is 2.12. The lowest BCUT2D eigenvalue weighted by molar-refractivity contribution is -0.131. The van der Waals surface area contributed by atoms with Crippen molar-refractivity contribution < 1.29 is 18.3 Å². The zero-order chi connectivity index (χ0) is 9.40. The summed E-state index contributed by atoms with van der Waals surface area (Å²) in [6.07, 6.45) is -2.36. The predicted molar refractivity (Wildman–Crippen MR) is 40.1 cm³/mol. The zero-order valence-corrected chi connectivity index (χ0v) is 6.98. The first-order valence-electron chi connectivity index (χ1n) is 3.82. The maximum atomic E-state index is 11.6. The molecule has 0 heterocycles. The van der Waals surface area contributed by atoms with E-state index in [0.29, 0.717) is 19.6 Å². The Morgan fingerprint density at radius 1 is 1.58 bits per heavy atom. The van der Waals surface area contributed by atoms with Gasteiger partial charge in [0.05, 0.1) is 0 Å². The van der Waals surface area contributed by atoms with E-state index in [0.717, 1.165) is 0 Å². The number of hydrogen-bond donors (Lipinski definition) is 1. The van der Waals surface area contributed by atoms with Gasteiger partial charge in [0.15, 0.2) is 0 Å². The zero-order valence-electron chi connectivity index (χ0n) is 6.98. The first kappa shape index (κ1) is 11.3. The molecule has 0 spiro atoms. The first-order valence-corrected chi connectivity index (χ1v) is 3.82. The van der Waals surface area contributed by atoms with E-state index in [9.17, 15) is 13.6 Å². The highest BCUT2D eigenvalue weighted by molar-refractivity contribution is 5.78. The molecular weight excluding hydrogens is 168 g/mol. The number of carbonyl (C=O) groups is 1. The number of carbonyl (C=O) groups excluding carboxylic acids is 1. The molecular formula is C7H13F2NO2. The van der Waals surface area contributed by atoms with E-state index in [1.165, 1.54) is 0 Å². The van der Waals surface area contributed by atoms with E-state index in [-0.39, 0.29) is 6.54 Å². The molecule has 0 radical (unpaired) electrons. The molecule has 0 saturated heterocycles. The third-order valence-corrected chi connectivity index (χ3v) is 1.17. The Labute approximate surface area is 70.1 Å². The molecule has 0 rings (SSSR count). The number of hydrogen-bond acceptors (Lipinski definition) is 2. The molecule has 0 bridgehead atoms. The maximum absolute atomic E-state index is 11.6. The molecule has 0 aromatic carbocycles. The number of amides is 1. The molecule has 1 N–H and O–H groups in total. The summed E-state index contributed by atoms with van der Waals surface area (Å²) < 4.78 is 28.1. The summed E-state index contributed by atoms with van der Waals surface area (Å²) >= 11 is 0. The van der Waals surface area contributed by atoms with E-state index in [1.54, 1.807) is 0 Å². The summed E-state index contributed by atoms with van der Waals surface area (Å²) in [5.41, 5.74) is 0. The van der Waals surface area contributed by atoms with Gasteiger partial charge in [-0.2, -0.15) is 8.78 Å². The quantitative estimate of drug-likeness (QED) is 0.615. The Bertz CT molecular complexity index is 131. The lowest BCUT2D eigenvalue weighted by Crippen LogP contribution is -2.30. The molecule has 0 aromatic heterocycles. The maximum Gasteiger partial charge on any atom is 0.315 e. The topological polar surface area (TPSA) is 38.3 Å². The van der Waals surface area contributed by atoms with Crippen LogP contribution in [0.4, 0.5) is 8.78 Å². The van der Waals surface area contributed by atoms with Crippen molar-refractivity contribution in [3.63, 3.8) is 0 Å². The summed E-state index contributed by atoms with van der Waals surface area (Å²) in [4.78, 5) is 10.3. The van der Waals surface area contributed by atoms with Gasteiger partial charge in [-0.05, 0) is 13.3 Å². The van der Waals surface area contributed by atoms with Crippen LogP contribution in [-0.2, 0) is 9.53 Å². The van der Waals surface area contributed by atoms with Gasteiger partial charge in [-0.15, -0.1) is 0 Å². The van der Waals surface area contributed by atoms with Crippen LogP contribution in [0.25, 0.3) is 0 Å². The number of rotatable bonds is 6. The van der Waals surface area contributed by atoms with Crippen LogP contribution in [0, 0.1) is 0 Å². The Kier molecular flexibility index (Phi) is 6.55. The van der Waals surface area contributed by atoms with Gasteiger partial charge >= 0.3 is 6.43 Å². The smallest absolute Gasteiger partial charge is 0.315 e. The number of halogens is 2. The molecule has 0 fully saturated rings. The summed E-state index contributed by atoms with van der Waals surface area (Å²) in [6.45, 7) is 3.17. The van der Waals surface area contributed by atoms with Gasteiger partial charge in [0.25, 0.3) is 5.91 Å². The number of nitrogens with one attached hydrogen (secondary N) is 1. The SMILES string of the molecule is CCOCCCNC(=O)C(F)F. The third-order valence-electron chi connectivity index (χ3n) is 1.17. The van der Waals surface area contributed by atoms with Crippen molar-refractivity contribution in [3.8, 4) is 0 Å². The van der Waals surface area contributed by atoms with E-state index < -0.39 is 12.3 Å². The van der Waals surface area contributed by atoms with Crippen LogP contribution in [-0.4, -0.2) is 32.1 Å². The summed E-state index contributed by atoms with van der Waals surface area (Å²) in [6, 6.07) is 0. The fourth-order valence-corrected chi connectivity index (χ4v) is 0.607. The summed E-state index contributed by atoms with van der Waals surface area (Å²) in [5.74, 6) is -1.22. The second kappa shape index (κ2) is 6.97. The van der Waals surface area contributed by atoms with E-state index in [2.05, 4.69) is 5.32 Å². The monoisotopic (exact) mass is 181 g/mol. The van der Waals surface area contributed by atoms with Crippen LogP contribution in [0.2, 0.25) is 0 Å². The van der Waals surface area contributed by atoms with Crippen LogP contribution in [0.1, 0.15) is 13.3 Å². The van der Waals surface area contributed by atoms with Crippen molar-refractivity contribution in [1.29, 1.82) is 0 Å². The lowest BCUT2D eigenvalue weighted by Gasteiger charge is -2.03. The molecule has 72 valence electrons. The highest BCUT2D eigenvalue weighted by atomic mass is 19.3. The minimum atomic E-state index is -2.92. The Morgan fingerprint density at radius 3 is 2.75 bits per heavy atom. The standard InChI is InChI=1S/C7H13F2NO2/c1-2-12-5-3-4-10-7(11)6(8)9/h6H,2-5H2,1H3,(H,10,11). The van der Waals surface area contributed by atoms with Gasteiger partial charge in [-0.1, -0.05) is 0 Å². The normalized spacial score (nSPS) is 10.3. The van der Waals surface area contributed by atoms with Gasteiger partial charge in [-0.25, -0.2) is 0 Å². The van der Waals surface area contributed by atoms with Crippen LogP contribution in [0.15, 0.2) is 0 Å². The molecule has 0 aromatic rings. The molecule has 0 aliphatic carbocycles. The molecule has 0 atom stereocenters. The van der Waals surface area contributed by atoms with Crippen LogP contribution < -0.4 is 5.32 Å². The second-order valence-corrected chi connectivity index (χ2v) is 2.14. The third kappa shape index (κ3) is 6.03.